The van der Waals surface area contributed by atoms with Crippen molar-refractivity contribution in [3.05, 3.63) is 59.0 Å². The van der Waals surface area contributed by atoms with Crippen LogP contribution in [-0.2, 0) is 12.3 Å². The predicted octanol–water partition coefficient (Wildman–Crippen LogP) is 4.89. The second kappa shape index (κ2) is 7.61. The van der Waals surface area contributed by atoms with Crippen molar-refractivity contribution < 1.29 is 13.2 Å². The van der Waals surface area contributed by atoms with Crippen LogP contribution >= 0.6 is 11.8 Å². The Balaban J connectivity index is 1.87. The number of aryl methyl sites for hydroxylation is 1. The first kappa shape index (κ1) is 16.0. The fourth-order valence-electron chi connectivity index (χ4n) is 2.18. The number of benzene rings is 1. The average molecular weight is 311 g/mol. The van der Waals surface area contributed by atoms with Crippen molar-refractivity contribution in [2.24, 2.45) is 0 Å². The van der Waals surface area contributed by atoms with Crippen LogP contribution in [0.3, 0.4) is 0 Å². The predicted molar refractivity (Wildman–Crippen MR) is 82.4 cm³/mol. The molecular weight excluding hydrogens is 292 g/mol. The molecule has 1 heterocycles. The highest BCUT2D eigenvalue weighted by atomic mass is 32.2. The lowest BCUT2D eigenvalue weighted by atomic mass is 10.0. The van der Waals surface area contributed by atoms with Crippen molar-refractivity contribution in [3.63, 3.8) is 0 Å². The van der Waals surface area contributed by atoms with Crippen LogP contribution in [-0.4, -0.2) is 5.76 Å². The van der Waals surface area contributed by atoms with Crippen molar-refractivity contribution in [3.8, 4) is 0 Å². The van der Waals surface area contributed by atoms with Gasteiger partial charge < -0.3 is 9.73 Å². The van der Waals surface area contributed by atoms with Crippen LogP contribution < -0.4 is 5.32 Å². The van der Waals surface area contributed by atoms with Gasteiger partial charge in [-0.1, -0.05) is 36.0 Å². The van der Waals surface area contributed by atoms with E-state index in [9.17, 15) is 8.78 Å². The average Bonchev–Trinajstić information content (AvgIpc) is 2.91. The fraction of sp³-hybridized carbons (Fsp3) is 0.375. The summed E-state index contributed by atoms with van der Waals surface area (Å²) >= 11 is 0.573. The molecule has 0 spiro atoms. The van der Waals surface area contributed by atoms with Gasteiger partial charge in [-0.25, -0.2) is 0 Å². The highest BCUT2D eigenvalue weighted by molar-refractivity contribution is 7.98. The Labute approximate surface area is 127 Å². The largest absolute Gasteiger partial charge is 0.464 e. The third kappa shape index (κ3) is 4.86. The molecule has 0 saturated carbocycles. The minimum atomic E-state index is -2.36. The van der Waals surface area contributed by atoms with Gasteiger partial charge in [0, 0.05) is 6.04 Å². The summed E-state index contributed by atoms with van der Waals surface area (Å²) in [6.45, 7) is 4.76. The summed E-state index contributed by atoms with van der Waals surface area (Å²) in [6, 6.07) is 12.0. The number of alkyl halides is 2. The molecular formula is C16H19F2NOS. The fourth-order valence-corrected chi connectivity index (χ4v) is 2.62. The summed E-state index contributed by atoms with van der Waals surface area (Å²) < 4.78 is 29.8. The van der Waals surface area contributed by atoms with Crippen LogP contribution in [0.1, 0.15) is 35.6 Å². The van der Waals surface area contributed by atoms with E-state index in [2.05, 4.69) is 31.3 Å². The van der Waals surface area contributed by atoms with E-state index < -0.39 is 5.76 Å². The van der Waals surface area contributed by atoms with Gasteiger partial charge in [0.15, 0.2) is 0 Å². The van der Waals surface area contributed by atoms with Gasteiger partial charge in [0.1, 0.15) is 11.5 Å². The maximum Gasteiger partial charge on any atom is 0.284 e. The second-order valence-electron chi connectivity index (χ2n) is 4.90. The molecule has 0 radical (unpaired) electrons. The highest BCUT2D eigenvalue weighted by Gasteiger charge is 2.10. The molecule has 1 aromatic carbocycles. The van der Waals surface area contributed by atoms with Crippen LogP contribution in [0.5, 0.6) is 0 Å². The van der Waals surface area contributed by atoms with E-state index in [1.807, 2.05) is 18.2 Å². The number of rotatable bonds is 7. The Morgan fingerprint density at radius 3 is 2.57 bits per heavy atom. The minimum Gasteiger partial charge on any atom is -0.464 e. The van der Waals surface area contributed by atoms with Crippen LogP contribution in [0.15, 0.2) is 40.8 Å². The quantitative estimate of drug-likeness (QED) is 0.787. The molecule has 5 heteroatoms. The van der Waals surface area contributed by atoms with E-state index in [-0.39, 0.29) is 11.8 Å². The molecule has 2 nitrogen and oxygen atoms in total. The Bertz CT molecular complexity index is 571. The zero-order valence-corrected chi connectivity index (χ0v) is 12.9. The monoisotopic (exact) mass is 311 g/mol. The number of furan rings is 1. The standard InChI is InChI=1S/C16H19F2NOS/c1-11-5-3-4-6-15(11)12(2)19-9-13-7-8-14(20-13)10-21-16(17)18/h3-8,12,16,19H,9-10H2,1-2H3/t12-/m0/s1. The molecule has 0 aliphatic rings. The van der Waals surface area contributed by atoms with Gasteiger partial charge in [0.2, 0.25) is 0 Å². The topological polar surface area (TPSA) is 25.2 Å². The Morgan fingerprint density at radius 2 is 1.86 bits per heavy atom. The lowest BCUT2D eigenvalue weighted by Gasteiger charge is -2.15. The van der Waals surface area contributed by atoms with Crippen molar-refractivity contribution in [1.29, 1.82) is 0 Å². The number of hydrogen-bond donors (Lipinski definition) is 1. The molecule has 0 aliphatic carbocycles. The first-order chi connectivity index (χ1) is 10.1. The minimum absolute atomic E-state index is 0.199. The van der Waals surface area contributed by atoms with Gasteiger partial charge in [-0.05, 0) is 37.1 Å². The Morgan fingerprint density at radius 1 is 1.14 bits per heavy atom. The number of hydrogen-bond acceptors (Lipinski definition) is 3. The lowest BCUT2D eigenvalue weighted by molar-refractivity contribution is 0.251. The third-order valence-corrected chi connectivity index (χ3v) is 4.01. The van der Waals surface area contributed by atoms with Crippen LogP contribution in [0.4, 0.5) is 8.78 Å². The molecule has 2 rings (SSSR count). The molecule has 2 aromatic rings. The summed E-state index contributed by atoms with van der Waals surface area (Å²) in [5.74, 6) is -0.816. The summed E-state index contributed by atoms with van der Waals surface area (Å²) in [7, 11) is 0. The van der Waals surface area contributed by atoms with Gasteiger partial charge >= 0.3 is 0 Å². The van der Waals surface area contributed by atoms with Gasteiger partial charge in [-0.3, -0.25) is 0 Å². The van der Waals surface area contributed by atoms with Crippen molar-refractivity contribution in [2.45, 2.75) is 37.9 Å². The summed E-state index contributed by atoms with van der Waals surface area (Å²) in [4.78, 5) is 0. The first-order valence-electron chi connectivity index (χ1n) is 6.82. The smallest absolute Gasteiger partial charge is 0.284 e. The lowest BCUT2D eigenvalue weighted by Crippen LogP contribution is -2.18. The molecule has 0 unspecified atom stereocenters. The molecule has 0 saturated heterocycles. The van der Waals surface area contributed by atoms with E-state index in [4.69, 9.17) is 4.42 Å². The normalized spacial score (nSPS) is 12.8. The van der Waals surface area contributed by atoms with Crippen molar-refractivity contribution in [1.82, 2.24) is 5.32 Å². The second-order valence-corrected chi connectivity index (χ2v) is 5.88. The highest BCUT2D eigenvalue weighted by Crippen LogP contribution is 2.22. The summed E-state index contributed by atoms with van der Waals surface area (Å²) in [5.41, 5.74) is 2.49. The zero-order chi connectivity index (χ0) is 15.2. The molecule has 1 N–H and O–H groups in total. The molecule has 21 heavy (non-hydrogen) atoms. The molecule has 0 fully saturated rings. The van der Waals surface area contributed by atoms with E-state index in [0.29, 0.717) is 24.1 Å². The summed E-state index contributed by atoms with van der Waals surface area (Å²) in [5, 5.41) is 3.39. The third-order valence-electron chi connectivity index (χ3n) is 3.31. The van der Waals surface area contributed by atoms with Crippen LogP contribution in [0.25, 0.3) is 0 Å². The van der Waals surface area contributed by atoms with Gasteiger partial charge in [-0.15, -0.1) is 0 Å². The van der Waals surface area contributed by atoms with Gasteiger partial charge in [0.05, 0.1) is 12.3 Å². The first-order valence-corrected chi connectivity index (χ1v) is 7.87. The molecule has 1 aromatic heterocycles. The Hall–Kier alpha value is -1.33. The molecule has 0 amide bonds. The van der Waals surface area contributed by atoms with Crippen molar-refractivity contribution >= 4 is 11.8 Å². The SMILES string of the molecule is Cc1ccccc1[C@H](C)NCc1ccc(CSC(F)F)o1. The van der Waals surface area contributed by atoms with Gasteiger partial charge in [-0.2, -0.15) is 8.78 Å². The zero-order valence-electron chi connectivity index (χ0n) is 12.1. The molecule has 0 aliphatic heterocycles. The van der Waals surface area contributed by atoms with E-state index >= 15 is 0 Å². The molecule has 0 bridgehead atoms. The number of nitrogens with one attached hydrogen (secondary N) is 1. The molecule has 1 atom stereocenters. The van der Waals surface area contributed by atoms with Gasteiger partial charge in [0.25, 0.3) is 5.76 Å². The van der Waals surface area contributed by atoms with Crippen molar-refractivity contribution in [2.75, 3.05) is 0 Å². The maximum absolute atomic E-state index is 12.1. The maximum atomic E-state index is 12.1. The van der Waals surface area contributed by atoms with E-state index in [0.717, 1.165) is 5.76 Å². The van der Waals surface area contributed by atoms with Crippen LogP contribution in [0, 0.1) is 6.92 Å². The number of halogens is 2. The number of thioether (sulfide) groups is 1. The van der Waals surface area contributed by atoms with E-state index in [1.54, 1.807) is 6.07 Å². The Kier molecular flexibility index (Phi) is 5.82. The summed E-state index contributed by atoms with van der Waals surface area (Å²) in [6.07, 6.45) is 0. The van der Waals surface area contributed by atoms with E-state index in [1.165, 1.54) is 11.1 Å². The molecule has 114 valence electrons. The van der Waals surface area contributed by atoms with Crippen LogP contribution in [0.2, 0.25) is 0 Å².